The Hall–Kier alpha value is -0.323. The minimum atomic E-state index is -4.70. The third-order valence-electron chi connectivity index (χ3n) is 9.95. The third kappa shape index (κ3) is 8.12. The van der Waals surface area contributed by atoms with E-state index in [0.717, 1.165) is 25.7 Å². The highest BCUT2D eigenvalue weighted by Crippen LogP contribution is 2.48. The van der Waals surface area contributed by atoms with E-state index in [2.05, 4.69) is 5.32 Å². The maximum Gasteiger partial charge on any atom is 0.404 e. The van der Waals surface area contributed by atoms with Crippen molar-refractivity contribution in [2.75, 3.05) is 19.8 Å². The molecule has 0 radical (unpaired) electrons. The lowest BCUT2D eigenvalue weighted by Crippen LogP contribution is -2.67. The zero-order valence-corrected chi connectivity index (χ0v) is 24.8. The summed E-state index contributed by atoms with van der Waals surface area (Å²) >= 11 is 0. The quantitative estimate of drug-likeness (QED) is 0.223. The molecule has 10 heteroatoms. The molecule has 5 unspecified atom stereocenters. The van der Waals surface area contributed by atoms with Gasteiger partial charge in [0, 0.05) is 25.0 Å². The second-order valence-electron chi connectivity index (χ2n) is 13.6. The van der Waals surface area contributed by atoms with Gasteiger partial charge < -0.3 is 9.16 Å². The van der Waals surface area contributed by atoms with E-state index in [-0.39, 0.29) is 37.0 Å². The Bertz CT molecular complexity index is 717. The summed E-state index contributed by atoms with van der Waals surface area (Å²) in [7, 11) is -2.35. The van der Waals surface area contributed by atoms with Gasteiger partial charge in [0.15, 0.2) is 8.32 Å². The molecular weight excluding hydrogens is 524 g/mol. The van der Waals surface area contributed by atoms with E-state index in [1.807, 2.05) is 33.9 Å². The summed E-state index contributed by atoms with van der Waals surface area (Å²) in [5.41, 5.74) is 0. The summed E-state index contributed by atoms with van der Waals surface area (Å²) < 4.78 is 98.6. The standard InChI is InChI=1S/C28H49F6NO2Si/c1-27(2,3)38(4,5)37-17-21-23(19-11-13-20(29)14-12-19)22(16-36-15-18-9-7-6-8-10-18)25(28(32,33)34)35-24(21)26(30)31/h18-26,35H,6-17H2,1-5H3. The molecule has 1 heterocycles. The van der Waals surface area contributed by atoms with Gasteiger partial charge in [-0.25, -0.2) is 13.2 Å². The monoisotopic (exact) mass is 573 g/mol. The molecule has 3 fully saturated rings. The summed E-state index contributed by atoms with van der Waals surface area (Å²) in [6, 6.07) is -3.74. The predicted molar refractivity (Wildman–Crippen MR) is 141 cm³/mol. The largest absolute Gasteiger partial charge is 0.416 e. The van der Waals surface area contributed by atoms with E-state index in [1.165, 1.54) is 6.42 Å². The van der Waals surface area contributed by atoms with Gasteiger partial charge in [-0.1, -0.05) is 40.0 Å². The molecule has 0 aromatic heterocycles. The number of ether oxygens (including phenoxy) is 1. The second-order valence-corrected chi connectivity index (χ2v) is 18.4. The van der Waals surface area contributed by atoms with Crippen LogP contribution < -0.4 is 5.32 Å². The van der Waals surface area contributed by atoms with Crippen LogP contribution in [0.1, 0.15) is 78.6 Å². The lowest BCUT2D eigenvalue weighted by atomic mass is 9.62. The molecule has 1 aliphatic heterocycles. The van der Waals surface area contributed by atoms with Crippen molar-refractivity contribution >= 4 is 8.32 Å². The first-order chi connectivity index (χ1) is 17.6. The first kappa shape index (κ1) is 32.2. The van der Waals surface area contributed by atoms with E-state index in [4.69, 9.17) is 9.16 Å². The number of hydrogen-bond donors (Lipinski definition) is 1. The minimum Gasteiger partial charge on any atom is -0.416 e. The number of alkyl halides is 6. The Morgan fingerprint density at radius 1 is 0.842 bits per heavy atom. The maximum absolute atomic E-state index is 14.4. The van der Waals surface area contributed by atoms with Gasteiger partial charge in [0.1, 0.15) is 12.2 Å². The lowest BCUT2D eigenvalue weighted by Gasteiger charge is -2.52. The van der Waals surface area contributed by atoms with Crippen molar-refractivity contribution in [1.29, 1.82) is 0 Å². The molecule has 2 saturated carbocycles. The van der Waals surface area contributed by atoms with Crippen molar-refractivity contribution in [2.45, 2.75) is 128 Å². The number of halogens is 6. The van der Waals surface area contributed by atoms with Gasteiger partial charge in [-0.15, -0.1) is 0 Å². The van der Waals surface area contributed by atoms with E-state index in [0.29, 0.717) is 25.4 Å². The summed E-state index contributed by atoms with van der Waals surface area (Å²) in [4.78, 5) is 0. The topological polar surface area (TPSA) is 30.5 Å². The van der Waals surface area contributed by atoms with Crippen molar-refractivity contribution < 1.29 is 35.5 Å². The fourth-order valence-corrected chi connectivity index (χ4v) is 7.70. The van der Waals surface area contributed by atoms with Crippen molar-refractivity contribution in [3.05, 3.63) is 0 Å². The second kappa shape index (κ2) is 13.1. The van der Waals surface area contributed by atoms with Gasteiger partial charge in [0.25, 0.3) is 6.43 Å². The molecule has 3 nitrogen and oxygen atoms in total. The Balaban J connectivity index is 1.92. The molecule has 1 N–H and O–H groups in total. The van der Waals surface area contributed by atoms with Crippen molar-refractivity contribution in [3.63, 3.8) is 0 Å². The van der Waals surface area contributed by atoms with E-state index in [1.54, 1.807) is 0 Å². The van der Waals surface area contributed by atoms with Gasteiger partial charge in [0.2, 0.25) is 0 Å². The Morgan fingerprint density at radius 3 is 1.97 bits per heavy atom. The summed E-state index contributed by atoms with van der Waals surface area (Å²) in [6.45, 7) is 10.4. The van der Waals surface area contributed by atoms with Crippen molar-refractivity contribution in [1.82, 2.24) is 5.32 Å². The summed E-state index contributed by atoms with van der Waals surface area (Å²) in [6.07, 6.45) is -1.95. The summed E-state index contributed by atoms with van der Waals surface area (Å²) in [5, 5.41) is 2.17. The molecule has 5 atom stereocenters. The Morgan fingerprint density at radius 2 is 1.45 bits per heavy atom. The van der Waals surface area contributed by atoms with Crippen LogP contribution in [-0.2, 0) is 9.16 Å². The SMILES string of the molecule is CC(C)(C)[Si](C)(C)OCC1C(C(F)F)NC(C(F)(F)F)C(COCC2CCCCC2)C1C1CCC(F)CC1. The molecule has 3 aliphatic rings. The van der Waals surface area contributed by atoms with E-state index < -0.39 is 56.9 Å². The molecule has 224 valence electrons. The Labute approximate surface area is 226 Å². The number of piperidine rings is 1. The fraction of sp³-hybridized carbons (Fsp3) is 1.00. The van der Waals surface area contributed by atoms with Gasteiger partial charge in [0.05, 0.1) is 12.6 Å². The average Bonchev–Trinajstić information content (AvgIpc) is 2.82. The number of rotatable bonds is 9. The first-order valence-corrected chi connectivity index (χ1v) is 17.5. The van der Waals surface area contributed by atoms with Gasteiger partial charge in [-0.2, -0.15) is 13.2 Å². The van der Waals surface area contributed by atoms with E-state index in [9.17, 15) is 26.3 Å². The van der Waals surface area contributed by atoms with Crippen LogP contribution in [0.3, 0.4) is 0 Å². The van der Waals surface area contributed by atoms with Gasteiger partial charge >= 0.3 is 6.18 Å². The van der Waals surface area contributed by atoms with Crippen LogP contribution in [0.2, 0.25) is 18.1 Å². The average molecular weight is 574 g/mol. The van der Waals surface area contributed by atoms with Crippen LogP contribution in [0.15, 0.2) is 0 Å². The zero-order chi connectivity index (χ0) is 28.3. The third-order valence-corrected chi connectivity index (χ3v) is 14.5. The molecule has 0 aromatic carbocycles. The van der Waals surface area contributed by atoms with Crippen molar-refractivity contribution in [2.24, 2.45) is 29.6 Å². The highest BCUT2D eigenvalue weighted by atomic mass is 28.4. The van der Waals surface area contributed by atoms with Crippen LogP contribution in [-0.4, -0.2) is 59.0 Å². The van der Waals surface area contributed by atoms with Crippen LogP contribution in [0.4, 0.5) is 26.3 Å². The molecular formula is C28H49F6NO2Si. The predicted octanol–water partition coefficient (Wildman–Crippen LogP) is 8.15. The van der Waals surface area contributed by atoms with Crippen LogP contribution in [0.5, 0.6) is 0 Å². The molecule has 0 aromatic rings. The molecule has 3 rings (SSSR count). The lowest BCUT2D eigenvalue weighted by molar-refractivity contribution is -0.208. The molecule has 1 saturated heterocycles. The van der Waals surface area contributed by atoms with Gasteiger partial charge in [-0.05, 0) is 74.4 Å². The highest BCUT2D eigenvalue weighted by Gasteiger charge is 2.58. The smallest absolute Gasteiger partial charge is 0.404 e. The molecule has 2 aliphatic carbocycles. The number of hydrogen-bond acceptors (Lipinski definition) is 3. The van der Waals surface area contributed by atoms with Crippen LogP contribution in [0.25, 0.3) is 0 Å². The highest BCUT2D eigenvalue weighted by molar-refractivity contribution is 6.74. The summed E-state index contributed by atoms with van der Waals surface area (Å²) in [5.74, 6) is -2.47. The van der Waals surface area contributed by atoms with Crippen molar-refractivity contribution in [3.8, 4) is 0 Å². The van der Waals surface area contributed by atoms with Crippen LogP contribution >= 0.6 is 0 Å². The minimum absolute atomic E-state index is 0.0254. The maximum atomic E-state index is 14.4. The van der Waals surface area contributed by atoms with Gasteiger partial charge in [-0.3, -0.25) is 5.32 Å². The van der Waals surface area contributed by atoms with E-state index >= 15 is 0 Å². The molecule has 0 amide bonds. The number of nitrogens with one attached hydrogen (secondary N) is 1. The zero-order valence-electron chi connectivity index (χ0n) is 23.8. The Kier molecular flexibility index (Phi) is 11.1. The van der Waals surface area contributed by atoms with Crippen LogP contribution in [0, 0.1) is 29.6 Å². The first-order valence-electron chi connectivity index (χ1n) is 14.6. The fourth-order valence-electron chi connectivity index (χ4n) is 6.66. The normalized spacial score (nSPS) is 34.6. The molecule has 0 spiro atoms. The molecule has 0 bridgehead atoms. The molecule has 38 heavy (non-hydrogen) atoms.